The highest BCUT2D eigenvalue weighted by Crippen LogP contribution is 2.05. The van der Waals surface area contributed by atoms with Crippen LogP contribution in [0.15, 0.2) is 30.3 Å². The van der Waals surface area contributed by atoms with Gasteiger partial charge in [0.2, 0.25) is 0 Å². The number of halogens is 2. The third kappa shape index (κ3) is 4.16. The van der Waals surface area contributed by atoms with Crippen molar-refractivity contribution < 1.29 is 13.9 Å². The Morgan fingerprint density at radius 3 is 2.72 bits per heavy atom. The van der Waals surface area contributed by atoms with Crippen molar-refractivity contribution in [1.29, 1.82) is 0 Å². The number of rotatable bonds is 3. The largest absolute Gasteiger partial charge is 0.445 e. The molecule has 18 heavy (non-hydrogen) atoms. The Kier molecular flexibility index (Phi) is 5.88. The molecule has 2 atom stereocenters. The number of benzene rings is 1. The molecule has 4 nitrogen and oxygen atoms in total. The van der Waals surface area contributed by atoms with E-state index in [0.717, 1.165) is 5.56 Å². The molecular formula is C12H16ClFN2O2. The first-order valence-corrected chi connectivity index (χ1v) is 5.57. The molecular weight excluding hydrogens is 259 g/mol. The van der Waals surface area contributed by atoms with Crippen LogP contribution in [0, 0.1) is 0 Å². The van der Waals surface area contributed by atoms with E-state index in [0.29, 0.717) is 6.54 Å². The van der Waals surface area contributed by atoms with Crippen molar-refractivity contribution in [3.63, 3.8) is 0 Å². The molecule has 1 saturated heterocycles. The van der Waals surface area contributed by atoms with Gasteiger partial charge in [-0.1, -0.05) is 30.3 Å². The maximum atomic E-state index is 13.2. The summed E-state index contributed by atoms with van der Waals surface area (Å²) in [4.78, 5) is 11.4. The summed E-state index contributed by atoms with van der Waals surface area (Å²) in [5.74, 6) is 0. The topological polar surface area (TPSA) is 50.4 Å². The average Bonchev–Trinajstić information content (AvgIpc) is 2.74. The molecule has 0 saturated carbocycles. The Labute approximate surface area is 111 Å². The van der Waals surface area contributed by atoms with Crippen molar-refractivity contribution in [2.24, 2.45) is 0 Å². The fourth-order valence-electron chi connectivity index (χ4n) is 1.70. The summed E-state index contributed by atoms with van der Waals surface area (Å²) >= 11 is 0. The second kappa shape index (κ2) is 7.18. The van der Waals surface area contributed by atoms with Gasteiger partial charge in [0.15, 0.2) is 0 Å². The number of hydrogen-bond donors (Lipinski definition) is 2. The van der Waals surface area contributed by atoms with Crippen molar-refractivity contribution in [1.82, 2.24) is 10.6 Å². The monoisotopic (exact) mass is 274 g/mol. The van der Waals surface area contributed by atoms with E-state index < -0.39 is 18.3 Å². The molecule has 100 valence electrons. The normalized spacial score (nSPS) is 22.1. The third-order valence-corrected chi connectivity index (χ3v) is 2.66. The van der Waals surface area contributed by atoms with Crippen LogP contribution in [0.4, 0.5) is 9.18 Å². The number of hydrogen-bond acceptors (Lipinski definition) is 3. The predicted octanol–water partition coefficient (Wildman–Crippen LogP) is 1.64. The highest BCUT2D eigenvalue weighted by molar-refractivity contribution is 5.85. The molecule has 1 heterocycles. The van der Waals surface area contributed by atoms with Gasteiger partial charge in [-0.05, 0) is 5.56 Å². The second-order valence-corrected chi connectivity index (χ2v) is 3.99. The lowest BCUT2D eigenvalue weighted by Crippen LogP contribution is -2.41. The molecule has 1 aliphatic rings. The summed E-state index contributed by atoms with van der Waals surface area (Å²) in [5, 5.41) is 5.36. The third-order valence-electron chi connectivity index (χ3n) is 2.66. The molecule has 0 spiro atoms. The number of carbonyl (C=O) groups excluding carboxylic acids is 1. The Hall–Kier alpha value is -1.33. The van der Waals surface area contributed by atoms with E-state index >= 15 is 0 Å². The molecule has 2 N–H and O–H groups in total. The number of alkyl halides is 1. The minimum Gasteiger partial charge on any atom is -0.445 e. The van der Waals surface area contributed by atoms with Gasteiger partial charge in [-0.15, -0.1) is 12.4 Å². The number of carbonyl (C=O) groups is 1. The molecule has 2 unspecified atom stereocenters. The first-order chi connectivity index (χ1) is 8.25. The highest BCUT2D eigenvalue weighted by Gasteiger charge is 2.28. The molecule has 6 heteroatoms. The summed E-state index contributed by atoms with van der Waals surface area (Å²) in [5.41, 5.74) is 0.906. The Balaban J connectivity index is 0.00000162. The smallest absolute Gasteiger partial charge is 0.407 e. The Morgan fingerprint density at radius 2 is 2.11 bits per heavy atom. The van der Waals surface area contributed by atoms with Crippen LogP contribution in [0.25, 0.3) is 0 Å². The molecule has 0 radical (unpaired) electrons. The van der Waals surface area contributed by atoms with Gasteiger partial charge < -0.3 is 15.4 Å². The van der Waals surface area contributed by atoms with Crippen molar-refractivity contribution in [3.05, 3.63) is 35.9 Å². The number of amides is 1. The van der Waals surface area contributed by atoms with E-state index in [1.54, 1.807) is 0 Å². The number of ether oxygens (including phenoxy) is 1. The van der Waals surface area contributed by atoms with E-state index in [1.807, 2.05) is 30.3 Å². The van der Waals surface area contributed by atoms with E-state index in [9.17, 15) is 9.18 Å². The van der Waals surface area contributed by atoms with Crippen LogP contribution in [0.5, 0.6) is 0 Å². The SMILES string of the molecule is Cl.O=C(NC1CNCC1F)OCc1ccccc1. The van der Waals surface area contributed by atoms with E-state index in [4.69, 9.17) is 4.74 Å². The minimum absolute atomic E-state index is 0. The van der Waals surface area contributed by atoms with Gasteiger partial charge in [-0.2, -0.15) is 0 Å². The van der Waals surface area contributed by atoms with Crippen LogP contribution >= 0.6 is 12.4 Å². The molecule has 1 aliphatic heterocycles. The van der Waals surface area contributed by atoms with Crippen LogP contribution in [-0.2, 0) is 11.3 Å². The standard InChI is InChI=1S/C12H15FN2O2.ClH/c13-10-6-14-7-11(10)15-12(16)17-8-9-4-2-1-3-5-9;/h1-5,10-11,14H,6-8H2,(H,15,16);1H. The molecule has 2 rings (SSSR count). The molecule has 1 amide bonds. The van der Waals surface area contributed by atoms with Gasteiger partial charge in [0, 0.05) is 13.1 Å². The molecule has 0 aromatic heterocycles. The zero-order valence-electron chi connectivity index (χ0n) is 9.77. The van der Waals surface area contributed by atoms with Gasteiger partial charge in [-0.25, -0.2) is 9.18 Å². The molecule has 0 bridgehead atoms. The molecule has 1 aromatic carbocycles. The van der Waals surface area contributed by atoms with Crippen molar-refractivity contribution in [2.75, 3.05) is 13.1 Å². The summed E-state index contributed by atoms with van der Waals surface area (Å²) in [6, 6.07) is 8.87. The van der Waals surface area contributed by atoms with E-state index in [2.05, 4.69) is 10.6 Å². The lowest BCUT2D eigenvalue weighted by atomic mass is 10.2. The summed E-state index contributed by atoms with van der Waals surface area (Å²) in [6.45, 7) is 0.926. The van der Waals surface area contributed by atoms with E-state index in [1.165, 1.54) is 0 Å². The Bertz CT molecular complexity index is 378. The fraction of sp³-hybridized carbons (Fsp3) is 0.417. The Morgan fingerprint density at radius 1 is 1.39 bits per heavy atom. The first kappa shape index (κ1) is 14.7. The fourth-order valence-corrected chi connectivity index (χ4v) is 1.70. The van der Waals surface area contributed by atoms with Crippen molar-refractivity contribution in [2.45, 2.75) is 18.8 Å². The van der Waals surface area contributed by atoms with E-state index in [-0.39, 0.29) is 25.6 Å². The van der Waals surface area contributed by atoms with Crippen LogP contribution in [-0.4, -0.2) is 31.4 Å². The maximum Gasteiger partial charge on any atom is 0.407 e. The second-order valence-electron chi connectivity index (χ2n) is 3.99. The van der Waals surface area contributed by atoms with Gasteiger partial charge in [0.1, 0.15) is 12.8 Å². The molecule has 0 aliphatic carbocycles. The predicted molar refractivity (Wildman–Crippen MR) is 68.6 cm³/mol. The van der Waals surface area contributed by atoms with Crippen molar-refractivity contribution in [3.8, 4) is 0 Å². The average molecular weight is 275 g/mol. The van der Waals surface area contributed by atoms with Crippen LogP contribution in [0.1, 0.15) is 5.56 Å². The first-order valence-electron chi connectivity index (χ1n) is 5.57. The van der Waals surface area contributed by atoms with Crippen LogP contribution in [0.3, 0.4) is 0 Å². The maximum absolute atomic E-state index is 13.2. The van der Waals surface area contributed by atoms with Gasteiger partial charge in [0.05, 0.1) is 6.04 Å². The van der Waals surface area contributed by atoms with Crippen LogP contribution in [0.2, 0.25) is 0 Å². The molecule has 1 aromatic rings. The summed E-state index contributed by atoms with van der Waals surface area (Å²) in [7, 11) is 0. The summed E-state index contributed by atoms with van der Waals surface area (Å²) in [6.07, 6.45) is -1.62. The highest BCUT2D eigenvalue weighted by atomic mass is 35.5. The number of nitrogens with one attached hydrogen (secondary N) is 2. The lowest BCUT2D eigenvalue weighted by molar-refractivity contribution is 0.132. The summed E-state index contributed by atoms with van der Waals surface area (Å²) < 4.78 is 18.2. The molecule has 1 fully saturated rings. The quantitative estimate of drug-likeness (QED) is 0.881. The number of alkyl carbamates (subject to hydrolysis) is 1. The lowest BCUT2D eigenvalue weighted by Gasteiger charge is -2.13. The minimum atomic E-state index is -1.04. The zero-order chi connectivity index (χ0) is 12.1. The zero-order valence-corrected chi connectivity index (χ0v) is 10.6. The van der Waals surface area contributed by atoms with Crippen molar-refractivity contribution >= 4 is 18.5 Å². The van der Waals surface area contributed by atoms with Gasteiger partial charge in [0.25, 0.3) is 0 Å². The van der Waals surface area contributed by atoms with Gasteiger partial charge in [-0.3, -0.25) is 0 Å². The van der Waals surface area contributed by atoms with Gasteiger partial charge >= 0.3 is 6.09 Å². The van der Waals surface area contributed by atoms with Crippen LogP contribution < -0.4 is 10.6 Å².